The normalized spacial score (nSPS) is 14.2. The molecule has 0 aliphatic carbocycles. The number of aromatic nitrogens is 7. The zero-order valence-electron chi connectivity index (χ0n) is 19.6. The van der Waals surface area contributed by atoms with Gasteiger partial charge in [0.15, 0.2) is 0 Å². The predicted molar refractivity (Wildman–Crippen MR) is 140 cm³/mol. The molecule has 1 aliphatic rings. The van der Waals surface area contributed by atoms with Crippen LogP contribution in [-0.2, 0) is 6.54 Å². The van der Waals surface area contributed by atoms with Crippen LogP contribution < -0.4 is 0 Å². The third-order valence-electron chi connectivity index (χ3n) is 6.90. The van der Waals surface area contributed by atoms with Crippen molar-refractivity contribution in [3.8, 4) is 33.8 Å². The molecular formula is C28H24N8. The lowest BCUT2D eigenvalue weighted by Crippen LogP contribution is -2.18. The average Bonchev–Trinajstić information content (AvgIpc) is 3.68. The number of nitrogens with zero attached hydrogens (tertiary/aromatic N) is 6. The molecule has 0 unspecified atom stereocenters. The SMILES string of the molecule is c1cc(-c2cncc3[nH]c(-c4n[nH]c5ccc(-c6cncc(CN7CCCC7)c6)nc45)cc23)ccn1. The summed E-state index contributed by atoms with van der Waals surface area (Å²) in [5.74, 6) is 0. The summed E-state index contributed by atoms with van der Waals surface area (Å²) in [6, 6.07) is 12.4. The number of rotatable bonds is 5. The lowest BCUT2D eigenvalue weighted by atomic mass is 10.1. The van der Waals surface area contributed by atoms with Gasteiger partial charge in [-0.15, -0.1) is 0 Å². The summed E-state index contributed by atoms with van der Waals surface area (Å²) in [5.41, 5.74) is 9.58. The minimum Gasteiger partial charge on any atom is -0.352 e. The van der Waals surface area contributed by atoms with Gasteiger partial charge in [-0.05, 0) is 73.5 Å². The molecule has 1 fully saturated rings. The summed E-state index contributed by atoms with van der Waals surface area (Å²) in [7, 11) is 0. The van der Waals surface area contributed by atoms with Crippen LogP contribution in [0.15, 0.2) is 73.6 Å². The number of likely N-dealkylation sites (tertiary alicyclic amines) is 1. The molecular weight excluding hydrogens is 448 g/mol. The smallest absolute Gasteiger partial charge is 0.135 e. The monoisotopic (exact) mass is 472 g/mol. The number of hydrogen-bond donors (Lipinski definition) is 2. The number of hydrogen-bond acceptors (Lipinski definition) is 6. The molecule has 1 saturated heterocycles. The molecule has 0 atom stereocenters. The first-order valence-electron chi connectivity index (χ1n) is 12.2. The minimum atomic E-state index is 0.782. The Labute approximate surface area is 207 Å². The van der Waals surface area contributed by atoms with Gasteiger partial charge in [0.1, 0.15) is 11.2 Å². The average molecular weight is 473 g/mol. The van der Waals surface area contributed by atoms with Crippen LogP contribution in [0.3, 0.4) is 0 Å². The Morgan fingerprint density at radius 2 is 1.67 bits per heavy atom. The quantitative estimate of drug-likeness (QED) is 0.357. The Kier molecular flexibility index (Phi) is 5.03. The van der Waals surface area contributed by atoms with Crippen molar-refractivity contribution in [2.45, 2.75) is 19.4 Å². The van der Waals surface area contributed by atoms with Gasteiger partial charge in [0.05, 0.1) is 28.6 Å². The van der Waals surface area contributed by atoms with Gasteiger partial charge in [0, 0.05) is 54.0 Å². The molecule has 7 rings (SSSR count). The third kappa shape index (κ3) is 3.72. The molecule has 0 radical (unpaired) electrons. The van der Waals surface area contributed by atoms with E-state index < -0.39 is 0 Å². The summed E-state index contributed by atoms with van der Waals surface area (Å²) in [6.07, 6.45) is 13.7. The van der Waals surface area contributed by atoms with E-state index in [0.29, 0.717) is 0 Å². The molecule has 6 aromatic rings. The van der Waals surface area contributed by atoms with Gasteiger partial charge in [-0.3, -0.25) is 25.0 Å². The molecule has 6 aromatic heterocycles. The molecule has 8 heteroatoms. The highest BCUT2D eigenvalue weighted by atomic mass is 15.1. The first-order valence-corrected chi connectivity index (χ1v) is 12.2. The Hall–Kier alpha value is -4.43. The van der Waals surface area contributed by atoms with Crippen LogP contribution in [0.1, 0.15) is 18.4 Å². The summed E-state index contributed by atoms with van der Waals surface area (Å²) in [6.45, 7) is 3.26. The van der Waals surface area contributed by atoms with E-state index in [-0.39, 0.29) is 0 Å². The van der Waals surface area contributed by atoms with E-state index in [2.05, 4.69) is 47.2 Å². The van der Waals surface area contributed by atoms with E-state index in [9.17, 15) is 0 Å². The second kappa shape index (κ2) is 8.66. The van der Waals surface area contributed by atoms with Crippen LogP contribution in [0.2, 0.25) is 0 Å². The lowest BCUT2D eigenvalue weighted by Gasteiger charge is -2.14. The zero-order valence-corrected chi connectivity index (χ0v) is 19.6. The number of pyridine rings is 4. The molecule has 0 amide bonds. The van der Waals surface area contributed by atoms with Gasteiger partial charge in [-0.2, -0.15) is 5.10 Å². The second-order valence-electron chi connectivity index (χ2n) is 9.30. The Morgan fingerprint density at radius 3 is 2.56 bits per heavy atom. The largest absolute Gasteiger partial charge is 0.352 e. The van der Waals surface area contributed by atoms with E-state index in [1.165, 1.54) is 18.4 Å². The number of nitrogens with one attached hydrogen (secondary N) is 2. The van der Waals surface area contributed by atoms with Crippen molar-refractivity contribution in [3.05, 3.63) is 79.1 Å². The predicted octanol–water partition coefficient (Wildman–Crippen LogP) is 5.22. The maximum Gasteiger partial charge on any atom is 0.135 e. The zero-order chi connectivity index (χ0) is 23.9. The Balaban J connectivity index is 1.28. The Morgan fingerprint density at radius 1 is 0.806 bits per heavy atom. The number of H-pyrrole nitrogens is 2. The first-order chi connectivity index (χ1) is 17.8. The van der Waals surface area contributed by atoms with Gasteiger partial charge in [0.2, 0.25) is 0 Å². The van der Waals surface area contributed by atoms with E-state index in [1.54, 1.807) is 12.4 Å². The van der Waals surface area contributed by atoms with Crippen LogP contribution in [0.4, 0.5) is 0 Å². The fourth-order valence-electron chi connectivity index (χ4n) is 5.10. The van der Waals surface area contributed by atoms with Gasteiger partial charge >= 0.3 is 0 Å². The van der Waals surface area contributed by atoms with Crippen LogP contribution in [0.25, 0.3) is 55.7 Å². The molecule has 1 aliphatic heterocycles. The van der Waals surface area contributed by atoms with Crippen molar-refractivity contribution < 1.29 is 0 Å². The number of fused-ring (bicyclic) bond motifs is 2. The molecule has 7 heterocycles. The molecule has 176 valence electrons. The molecule has 0 aromatic carbocycles. The van der Waals surface area contributed by atoms with Gasteiger partial charge in [-0.1, -0.05) is 0 Å². The van der Waals surface area contributed by atoms with Crippen molar-refractivity contribution in [3.63, 3.8) is 0 Å². The van der Waals surface area contributed by atoms with Crippen molar-refractivity contribution in [2.24, 2.45) is 0 Å². The van der Waals surface area contributed by atoms with E-state index in [1.807, 2.05) is 49.1 Å². The topological polar surface area (TPSA) is 99.3 Å². The standard InChI is InChI=1S/C28H24N8/c1-2-10-36(9-1)17-18-11-20(14-30-13-18)23-3-4-24-27(33-23)28(35-34-24)25-12-21-22(15-31-16-26(21)32-25)19-5-7-29-8-6-19/h3-8,11-16,32H,1-2,9-10,17H2,(H,34,35). The van der Waals surface area contributed by atoms with Crippen LogP contribution in [0, 0.1) is 0 Å². The van der Waals surface area contributed by atoms with Crippen molar-refractivity contribution in [2.75, 3.05) is 13.1 Å². The highest BCUT2D eigenvalue weighted by molar-refractivity contribution is 5.99. The van der Waals surface area contributed by atoms with Gasteiger partial charge < -0.3 is 4.98 Å². The van der Waals surface area contributed by atoms with Crippen LogP contribution in [-0.4, -0.2) is 53.1 Å². The van der Waals surface area contributed by atoms with Gasteiger partial charge in [-0.25, -0.2) is 4.98 Å². The van der Waals surface area contributed by atoms with Crippen molar-refractivity contribution in [1.29, 1.82) is 0 Å². The van der Waals surface area contributed by atoms with Gasteiger partial charge in [0.25, 0.3) is 0 Å². The molecule has 36 heavy (non-hydrogen) atoms. The minimum absolute atomic E-state index is 0.782. The highest BCUT2D eigenvalue weighted by Gasteiger charge is 2.17. The summed E-state index contributed by atoms with van der Waals surface area (Å²) < 4.78 is 0. The Bertz CT molecular complexity index is 1680. The van der Waals surface area contributed by atoms with Crippen LogP contribution >= 0.6 is 0 Å². The fraction of sp³-hybridized carbons (Fsp3) is 0.179. The van der Waals surface area contributed by atoms with E-state index in [0.717, 1.165) is 75.3 Å². The summed E-state index contributed by atoms with van der Waals surface area (Å²) >= 11 is 0. The maximum absolute atomic E-state index is 5.01. The third-order valence-corrected chi connectivity index (χ3v) is 6.90. The molecule has 2 N–H and O–H groups in total. The maximum atomic E-state index is 5.01. The van der Waals surface area contributed by atoms with Crippen LogP contribution in [0.5, 0.6) is 0 Å². The second-order valence-corrected chi connectivity index (χ2v) is 9.30. The molecule has 0 saturated carbocycles. The lowest BCUT2D eigenvalue weighted by molar-refractivity contribution is 0.331. The molecule has 0 bridgehead atoms. The fourth-order valence-corrected chi connectivity index (χ4v) is 5.10. The summed E-state index contributed by atoms with van der Waals surface area (Å²) in [4.78, 5) is 24.1. The first kappa shape index (κ1) is 20.9. The van der Waals surface area contributed by atoms with E-state index >= 15 is 0 Å². The van der Waals surface area contributed by atoms with E-state index in [4.69, 9.17) is 4.98 Å². The number of aromatic amines is 2. The highest BCUT2D eigenvalue weighted by Crippen LogP contribution is 2.33. The summed E-state index contributed by atoms with van der Waals surface area (Å²) in [5, 5.41) is 8.83. The molecule has 8 nitrogen and oxygen atoms in total. The van der Waals surface area contributed by atoms with Crippen molar-refractivity contribution >= 4 is 21.9 Å². The molecule has 0 spiro atoms. The van der Waals surface area contributed by atoms with Crippen molar-refractivity contribution in [1.82, 2.24) is 40.0 Å².